The molecule has 1 amide bonds. The minimum absolute atomic E-state index is 0.607. The molecule has 0 heterocycles. The summed E-state index contributed by atoms with van der Waals surface area (Å²) in [5, 5.41) is 2.04. The summed E-state index contributed by atoms with van der Waals surface area (Å²) >= 11 is 0. The number of amides is 1. The van der Waals surface area contributed by atoms with Gasteiger partial charge in [-0.05, 0) is 35.1 Å². The van der Waals surface area contributed by atoms with Gasteiger partial charge in [0.25, 0.3) is 0 Å². The highest BCUT2D eigenvalue weighted by Crippen LogP contribution is 2.34. The lowest BCUT2D eigenvalue weighted by atomic mass is 9.87. The molecule has 5 heteroatoms. The van der Waals surface area contributed by atoms with Crippen LogP contribution in [0.4, 0.5) is 13.2 Å². The van der Waals surface area contributed by atoms with Crippen molar-refractivity contribution in [3.63, 3.8) is 0 Å². The van der Waals surface area contributed by atoms with Crippen molar-refractivity contribution in [2.75, 3.05) is 6.54 Å². The maximum atomic E-state index is 12.5. The van der Waals surface area contributed by atoms with Crippen LogP contribution in [-0.4, -0.2) is 18.6 Å². The average Bonchev–Trinajstić information content (AvgIpc) is 2.69. The molecule has 0 fully saturated rings. The molecule has 0 unspecified atom stereocenters. The number of carbonyl (C=O) groups excluding carboxylic acids is 1. The molecule has 1 aliphatic carbocycles. The fourth-order valence-corrected chi connectivity index (χ4v) is 3.10. The van der Waals surface area contributed by atoms with Crippen molar-refractivity contribution in [1.29, 1.82) is 0 Å². The number of halogens is 3. The van der Waals surface area contributed by atoms with Crippen LogP contribution in [0.15, 0.2) is 48.5 Å². The van der Waals surface area contributed by atoms with Gasteiger partial charge in [0.05, 0.1) is 5.92 Å². The molecular weight excluding hydrogens is 303 g/mol. The summed E-state index contributed by atoms with van der Waals surface area (Å²) in [5.74, 6) is -1.31. The fraction of sp³-hybridized carbons (Fsp3) is 0.278. The Labute approximate surface area is 132 Å². The monoisotopic (exact) mass is 319 g/mol. The van der Waals surface area contributed by atoms with Gasteiger partial charge in [-0.3, -0.25) is 4.79 Å². The average molecular weight is 319 g/mol. The van der Waals surface area contributed by atoms with E-state index < -0.39 is 24.5 Å². The normalized spacial score (nSPS) is 14.6. The molecule has 2 nitrogen and oxygen atoms in total. The minimum Gasteiger partial charge on any atom is -0.346 e. The Balaban J connectivity index is 2.01. The number of benzene rings is 2. The lowest BCUT2D eigenvalue weighted by Crippen LogP contribution is -2.37. The van der Waals surface area contributed by atoms with E-state index in [4.69, 9.17) is 0 Å². The first-order valence-electron chi connectivity index (χ1n) is 7.46. The number of hydrogen-bond donors (Lipinski definition) is 1. The molecule has 23 heavy (non-hydrogen) atoms. The summed E-state index contributed by atoms with van der Waals surface area (Å²) in [6.07, 6.45) is -2.87. The lowest BCUT2D eigenvalue weighted by molar-refractivity contribution is -0.138. The van der Waals surface area contributed by atoms with E-state index in [0.29, 0.717) is 0 Å². The second-order valence-electron chi connectivity index (χ2n) is 5.66. The van der Waals surface area contributed by atoms with Crippen LogP contribution in [0.25, 0.3) is 0 Å². The Morgan fingerprint density at radius 2 is 1.43 bits per heavy atom. The number of carbonyl (C=O) groups is 1. The molecule has 0 bridgehead atoms. The van der Waals surface area contributed by atoms with Crippen molar-refractivity contribution in [2.24, 2.45) is 0 Å². The number of nitrogens with one attached hydrogen (secondary N) is 1. The highest BCUT2D eigenvalue weighted by molar-refractivity contribution is 5.88. The van der Waals surface area contributed by atoms with Crippen molar-refractivity contribution in [1.82, 2.24) is 5.32 Å². The van der Waals surface area contributed by atoms with Gasteiger partial charge in [0.15, 0.2) is 0 Å². The van der Waals surface area contributed by atoms with E-state index >= 15 is 0 Å². The Morgan fingerprint density at radius 3 is 1.91 bits per heavy atom. The van der Waals surface area contributed by atoms with E-state index in [2.05, 4.69) is 0 Å². The molecule has 3 rings (SSSR count). The van der Waals surface area contributed by atoms with E-state index in [1.54, 1.807) is 0 Å². The third-order valence-corrected chi connectivity index (χ3v) is 4.12. The topological polar surface area (TPSA) is 29.1 Å². The Hall–Kier alpha value is -2.30. The smallest absolute Gasteiger partial charge is 0.346 e. The van der Waals surface area contributed by atoms with Crippen LogP contribution >= 0.6 is 0 Å². The summed E-state index contributed by atoms with van der Waals surface area (Å²) in [5.41, 5.74) is 3.60. The van der Waals surface area contributed by atoms with Crippen LogP contribution in [-0.2, 0) is 17.6 Å². The van der Waals surface area contributed by atoms with Gasteiger partial charge in [-0.15, -0.1) is 0 Å². The largest absolute Gasteiger partial charge is 0.405 e. The molecule has 0 saturated heterocycles. The van der Waals surface area contributed by atoms with Crippen LogP contribution in [0.1, 0.15) is 28.2 Å². The molecule has 0 atom stereocenters. The predicted octanol–water partition coefficient (Wildman–Crippen LogP) is 3.60. The quantitative estimate of drug-likeness (QED) is 0.900. The Bertz CT molecular complexity index is 677. The lowest BCUT2D eigenvalue weighted by Gasteiger charge is -2.20. The van der Waals surface area contributed by atoms with Crippen LogP contribution in [0.2, 0.25) is 0 Å². The summed E-state index contributed by atoms with van der Waals surface area (Å²) in [6, 6.07) is 14.9. The van der Waals surface area contributed by atoms with Gasteiger partial charge in [0.1, 0.15) is 6.54 Å². The molecule has 2 aromatic rings. The molecule has 0 aromatic heterocycles. The first kappa shape index (κ1) is 15.6. The molecule has 0 saturated carbocycles. The van der Waals surface area contributed by atoms with E-state index in [1.807, 2.05) is 53.8 Å². The van der Waals surface area contributed by atoms with Crippen LogP contribution in [0.5, 0.6) is 0 Å². The number of alkyl halides is 3. The Kier molecular flexibility index (Phi) is 4.11. The zero-order valence-electron chi connectivity index (χ0n) is 12.4. The number of fused-ring (bicyclic) bond motifs is 2. The second-order valence-corrected chi connectivity index (χ2v) is 5.66. The number of hydrogen-bond acceptors (Lipinski definition) is 1. The Morgan fingerprint density at radius 1 is 0.957 bits per heavy atom. The highest BCUT2D eigenvalue weighted by atomic mass is 19.4. The van der Waals surface area contributed by atoms with Crippen molar-refractivity contribution in [2.45, 2.75) is 24.9 Å². The number of aryl methyl sites for hydroxylation is 2. The van der Waals surface area contributed by atoms with Crippen LogP contribution in [0.3, 0.4) is 0 Å². The zero-order valence-corrected chi connectivity index (χ0v) is 12.4. The van der Waals surface area contributed by atoms with Crippen LogP contribution < -0.4 is 5.32 Å². The van der Waals surface area contributed by atoms with Gasteiger partial charge >= 0.3 is 6.18 Å². The van der Waals surface area contributed by atoms with E-state index in [-0.39, 0.29) is 0 Å². The molecule has 0 aliphatic heterocycles. The maximum Gasteiger partial charge on any atom is 0.405 e. The third kappa shape index (κ3) is 3.38. The first-order chi connectivity index (χ1) is 11.0. The molecular formula is C18H16F3NO. The SMILES string of the molecule is O=C(NCC(F)(F)F)C1c2ccccc2CCc2ccccc21. The minimum atomic E-state index is -4.42. The summed E-state index contributed by atoms with van der Waals surface area (Å²) in [7, 11) is 0. The van der Waals surface area contributed by atoms with Crippen LogP contribution in [0, 0.1) is 0 Å². The molecule has 1 N–H and O–H groups in total. The van der Waals surface area contributed by atoms with Gasteiger partial charge in [-0.2, -0.15) is 13.2 Å². The highest BCUT2D eigenvalue weighted by Gasteiger charge is 2.33. The summed E-state index contributed by atoms with van der Waals surface area (Å²) in [6.45, 7) is -1.31. The molecule has 120 valence electrons. The first-order valence-corrected chi connectivity index (χ1v) is 7.46. The van der Waals surface area contributed by atoms with Gasteiger partial charge in [0, 0.05) is 0 Å². The summed E-state index contributed by atoms with van der Waals surface area (Å²) < 4.78 is 37.3. The van der Waals surface area contributed by atoms with E-state index in [0.717, 1.165) is 35.1 Å². The fourth-order valence-electron chi connectivity index (χ4n) is 3.10. The maximum absolute atomic E-state index is 12.5. The van der Waals surface area contributed by atoms with Gasteiger partial charge < -0.3 is 5.32 Å². The predicted molar refractivity (Wildman–Crippen MR) is 81.2 cm³/mol. The van der Waals surface area contributed by atoms with Crippen molar-refractivity contribution in [3.8, 4) is 0 Å². The van der Waals surface area contributed by atoms with E-state index in [1.165, 1.54) is 0 Å². The van der Waals surface area contributed by atoms with Gasteiger partial charge in [0.2, 0.25) is 5.91 Å². The second kappa shape index (κ2) is 6.07. The standard InChI is InChI=1S/C18H16F3NO/c19-18(20,21)11-22-17(23)16-14-7-3-1-5-12(14)9-10-13-6-2-4-8-15(13)16/h1-8,16H,9-11H2,(H,22,23). The third-order valence-electron chi connectivity index (χ3n) is 4.12. The molecule has 0 spiro atoms. The molecule has 1 aliphatic rings. The van der Waals surface area contributed by atoms with E-state index in [9.17, 15) is 18.0 Å². The molecule has 2 aromatic carbocycles. The van der Waals surface area contributed by atoms with Gasteiger partial charge in [-0.25, -0.2) is 0 Å². The van der Waals surface area contributed by atoms with Crippen molar-refractivity contribution < 1.29 is 18.0 Å². The summed E-state index contributed by atoms with van der Waals surface area (Å²) in [4.78, 5) is 12.5. The van der Waals surface area contributed by atoms with Crippen molar-refractivity contribution >= 4 is 5.91 Å². The number of rotatable bonds is 2. The zero-order chi connectivity index (χ0) is 16.4. The van der Waals surface area contributed by atoms with Crippen molar-refractivity contribution in [3.05, 3.63) is 70.8 Å². The molecule has 0 radical (unpaired) electrons. The van der Waals surface area contributed by atoms with Gasteiger partial charge in [-0.1, -0.05) is 48.5 Å².